The van der Waals surface area contributed by atoms with Gasteiger partial charge in [-0.3, -0.25) is 0 Å². The summed E-state index contributed by atoms with van der Waals surface area (Å²) < 4.78 is 11.8. The molecule has 4 aromatic carbocycles. The van der Waals surface area contributed by atoms with Gasteiger partial charge in [0.25, 0.3) is 0 Å². The molecule has 0 amide bonds. The molecule has 0 atom stereocenters. The third kappa shape index (κ3) is 10.6. The Morgan fingerprint density at radius 3 is 0.909 bits per heavy atom. The normalized spacial score (nSPS) is 10.8. The lowest BCUT2D eigenvalue weighted by molar-refractivity contribution is 0.0686. The lowest BCUT2D eigenvalue weighted by Gasteiger charge is -2.08. The molecule has 0 aliphatic carbocycles. The van der Waals surface area contributed by atoms with Gasteiger partial charge in [-0.1, -0.05) is 99.9 Å². The molecule has 0 saturated carbocycles. The highest BCUT2D eigenvalue weighted by Crippen LogP contribution is 2.24. The minimum absolute atomic E-state index is 0.290. The summed E-state index contributed by atoms with van der Waals surface area (Å²) in [7, 11) is 0. The molecule has 0 aromatic heterocycles. The standard InChI is InChI=1S/C38H42O6/c39-37(40)33-15-11-29(12-16-33)31-19-23-35(24-20-31)43-27-9-7-5-3-1-2-4-6-8-10-28-44-36-25-21-32(22-26-36)30-13-17-34(18-14-30)38(41)42/h11-26H,1-10,27-28H2,(H,39,40)(H,41,42). The first kappa shape index (κ1) is 32.3. The Balaban J connectivity index is 0.959. The van der Waals surface area contributed by atoms with Crippen molar-refractivity contribution >= 4 is 11.9 Å². The summed E-state index contributed by atoms with van der Waals surface area (Å²) in [4.78, 5) is 22.0. The van der Waals surface area contributed by atoms with Gasteiger partial charge in [-0.2, -0.15) is 0 Å². The van der Waals surface area contributed by atoms with Crippen molar-refractivity contribution in [3.63, 3.8) is 0 Å². The fourth-order valence-corrected chi connectivity index (χ4v) is 5.10. The van der Waals surface area contributed by atoms with Crippen molar-refractivity contribution in [2.24, 2.45) is 0 Å². The maximum atomic E-state index is 11.0. The highest BCUT2D eigenvalue weighted by atomic mass is 16.5. The topological polar surface area (TPSA) is 93.1 Å². The maximum absolute atomic E-state index is 11.0. The molecule has 0 aliphatic heterocycles. The van der Waals surface area contributed by atoms with Gasteiger partial charge in [0.1, 0.15) is 11.5 Å². The Hall–Kier alpha value is -4.58. The predicted molar refractivity (Wildman–Crippen MR) is 175 cm³/mol. The molecule has 0 bridgehead atoms. The van der Waals surface area contributed by atoms with Crippen LogP contribution in [0.25, 0.3) is 22.3 Å². The van der Waals surface area contributed by atoms with Crippen LogP contribution in [0.3, 0.4) is 0 Å². The van der Waals surface area contributed by atoms with Crippen molar-refractivity contribution in [2.45, 2.75) is 64.2 Å². The first-order valence-corrected chi connectivity index (χ1v) is 15.6. The van der Waals surface area contributed by atoms with Gasteiger partial charge >= 0.3 is 11.9 Å². The number of rotatable bonds is 19. The predicted octanol–water partition coefficient (Wildman–Crippen LogP) is 9.78. The van der Waals surface area contributed by atoms with Crippen LogP contribution in [0.2, 0.25) is 0 Å². The Bertz CT molecular complexity index is 1310. The largest absolute Gasteiger partial charge is 0.494 e. The van der Waals surface area contributed by atoms with Gasteiger partial charge in [-0.25, -0.2) is 9.59 Å². The summed E-state index contributed by atoms with van der Waals surface area (Å²) in [5.41, 5.74) is 4.62. The molecule has 6 heteroatoms. The van der Waals surface area contributed by atoms with Crippen LogP contribution in [0, 0.1) is 0 Å². The molecule has 0 fully saturated rings. The summed E-state index contributed by atoms with van der Waals surface area (Å²) in [6, 6.07) is 29.7. The number of aromatic carboxylic acids is 2. The van der Waals surface area contributed by atoms with Gasteiger partial charge in [-0.05, 0) is 83.6 Å². The van der Waals surface area contributed by atoms with Crippen LogP contribution in [0.5, 0.6) is 11.5 Å². The second kappa shape index (κ2) is 17.5. The van der Waals surface area contributed by atoms with Crippen LogP contribution < -0.4 is 9.47 Å². The van der Waals surface area contributed by atoms with Gasteiger partial charge in [-0.15, -0.1) is 0 Å². The molecular weight excluding hydrogens is 552 g/mol. The SMILES string of the molecule is O=C(O)c1ccc(-c2ccc(OCCCCCCCCCCCCOc3ccc(-c4ccc(C(=O)O)cc4)cc3)cc2)cc1. The minimum Gasteiger partial charge on any atom is -0.494 e. The van der Waals surface area contributed by atoms with Crippen molar-refractivity contribution in [2.75, 3.05) is 13.2 Å². The second-order valence-corrected chi connectivity index (χ2v) is 11.0. The zero-order valence-corrected chi connectivity index (χ0v) is 25.3. The van der Waals surface area contributed by atoms with E-state index in [0.717, 1.165) is 59.8 Å². The molecule has 2 N–H and O–H groups in total. The quantitative estimate of drug-likeness (QED) is 0.105. The van der Waals surface area contributed by atoms with Crippen LogP contribution in [0.1, 0.15) is 84.9 Å². The number of carbonyl (C=O) groups is 2. The van der Waals surface area contributed by atoms with Crippen molar-refractivity contribution in [1.82, 2.24) is 0 Å². The van der Waals surface area contributed by atoms with E-state index in [9.17, 15) is 9.59 Å². The monoisotopic (exact) mass is 594 g/mol. The Kier molecular flexibility index (Phi) is 12.9. The van der Waals surface area contributed by atoms with Gasteiger partial charge in [0.2, 0.25) is 0 Å². The van der Waals surface area contributed by atoms with E-state index in [-0.39, 0.29) is 11.1 Å². The fourth-order valence-electron chi connectivity index (χ4n) is 5.10. The van der Waals surface area contributed by atoms with Crippen molar-refractivity contribution in [1.29, 1.82) is 0 Å². The van der Waals surface area contributed by atoms with Crippen molar-refractivity contribution in [3.8, 4) is 33.8 Å². The van der Waals surface area contributed by atoms with E-state index in [1.54, 1.807) is 24.3 Å². The number of hydrogen-bond donors (Lipinski definition) is 2. The molecule has 0 spiro atoms. The fraction of sp³-hybridized carbons (Fsp3) is 0.316. The van der Waals surface area contributed by atoms with Crippen LogP contribution in [0.15, 0.2) is 97.1 Å². The molecule has 44 heavy (non-hydrogen) atoms. The van der Waals surface area contributed by atoms with Crippen LogP contribution in [0.4, 0.5) is 0 Å². The Morgan fingerprint density at radius 2 is 0.636 bits per heavy atom. The third-order valence-corrected chi connectivity index (χ3v) is 7.72. The smallest absolute Gasteiger partial charge is 0.335 e. The van der Waals surface area contributed by atoms with E-state index in [1.807, 2.05) is 72.8 Å². The van der Waals surface area contributed by atoms with Crippen LogP contribution >= 0.6 is 0 Å². The first-order valence-electron chi connectivity index (χ1n) is 15.6. The summed E-state index contributed by atoms with van der Waals surface area (Å²) >= 11 is 0. The Morgan fingerprint density at radius 1 is 0.386 bits per heavy atom. The number of ether oxygens (including phenoxy) is 2. The average molecular weight is 595 g/mol. The number of benzene rings is 4. The molecule has 0 aliphatic rings. The van der Waals surface area contributed by atoms with E-state index in [0.29, 0.717) is 0 Å². The molecule has 6 nitrogen and oxygen atoms in total. The zero-order chi connectivity index (χ0) is 31.0. The van der Waals surface area contributed by atoms with E-state index < -0.39 is 11.9 Å². The summed E-state index contributed by atoms with van der Waals surface area (Å²) in [6.45, 7) is 1.45. The van der Waals surface area contributed by atoms with Crippen molar-refractivity contribution < 1.29 is 29.3 Å². The molecular formula is C38H42O6. The van der Waals surface area contributed by atoms with Crippen LogP contribution in [-0.2, 0) is 0 Å². The molecule has 0 heterocycles. The minimum atomic E-state index is -0.916. The summed E-state index contributed by atoms with van der Waals surface area (Å²) in [6.07, 6.45) is 12.1. The summed E-state index contributed by atoms with van der Waals surface area (Å²) in [5, 5.41) is 18.1. The van der Waals surface area contributed by atoms with Gasteiger partial charge in [0, 0.05) is 0 Å². The van der Waals surface area contributed by atoms with Crippen LogP contribution in [-0.4, -0.2) is 35.4 Å². The lowest BCUT2D eigenvalue weighted by Crippen LogP contribution is -1.97. The van der Waals surface area contributed by atoms with Gasteiger partial charge in [0.05, 0.1) is 24.3 Å². The average Bonchev–Trinajstić information content (AvgIpc) is 3.05. The van der Waals surface area contributed by atoms with E-state index in [1.165, 1.54) is 51.4 Å². The molecule has 230 valence electrons. The van der Waals surface area contributed by atoms with E-state index >= 15 is 0 Å². The molecule has 4 aromatic rings. The maximum Gasteiger partial charge on any atom is 0.335 e. The molecule has 0 unspecified atom stereocenters. The van der Waals surface area contributed by atoms with Crippen molar-refractivity contribution in [3.05, 3.63) is 108 Å². The number of carboxylic acid groups (broad SMARTS) is 2. The number of hydrogen-bond acceptors (Lipinski definition) is 4. The highest BCUT2D eigenvalue weighted by Gasteiger charge is 2.05. The van der Waals surface area contributed by atoms with E-state index in [4.69, 9.17) is 19.7 Å². The molecule has 4 rings (SSSR count). The lowest BCUT2D eigenvalue weighted by atomic mass is 10.0. The molecule has 0 radical (unpaired) electrons. The molecule has 0 saturated heterocycles. The number of unbranched alkanes of at least 4 members (excludes halogenated alkanes) is 9. The second-order valence-electron chi connectivity index (χ2n) is 11.0. The number of carboxylic acids is 2. The first-order chi connectivity index (χ1) is 21.5. The zero-order valence-electron chi connectivity index (χ0n) is 25.3. The van der Waals surface area contributed by atoms with Gasteiger partial charge in [0.15, 0.2) is 0 Å². The van der Waals surface area contributed by atoms with E-state index in [2.05, 4.69) is 0 Å². The summed E-state index contributed by atoms with van der Waals surface area (Å²) in [5.74, 6) is -0.107. The van der Waals surface area contributed by atoms with Gasteiger partial charge < -0.3 is 19.7 Å². The highest BCUT2D eigenvalue weighted by molar-refractivity contribution is 5.89. The Labute approximate surface area is 260 Å². The third-order valence-electron chi connectivity index (χ3n) is 7.72.